The molecule has 5 heteroatoms. The number of rotatable bonds is 8. The molecule has 0 amide bonds. The molecule has 1 aromatic carbocycles. The maximum Gasteiger partial charge on any atom is 0.193 e. The smallest absolute Gasteiger partial charge is 0.193 e. The second-order valence-electron chi connectivity index (χ2n) is 6.87. The van der Waals surface area contributed by atoms with E-state index in [1.165, 1.54) is 5.56 Å². The predicted molar refractivity (Wildman–Crippen MR) is 108 cm³/mol. The van der Waals surface area contributed by atoms with Crippen LogP contribution >= 0.6 is 0 Å². The Bertz CT molecular complexity index is 577. The Kier molecular flexibility index (Phi) is 7.98. The van der Waals surface area contributed by atoms with Crippen molar-refractivity contribution in [1.29, 1.82) is 0 Å². The Hall–Kier alpha value is -2.01. The van der Waals surface area contributed by atoms with Gasteiger partial charge in [-0.1, -0.05) is 18.2 Å². The van der Waals surface area contributed by atoms with Gasteiger partial charge in [0.25, 0.3) is 0 Å². The summed E-state index contributed by atoms with van der Waals surface area (Å²) >= 11 is 0. The predicted octanol–water partition coefficient (Wildman–Crippen LogP) is 3.22. The number of nitrogens with one attached hydrogen (secondary N) is 1. The average molecular weight is 360 g/mol. The van der Waals surface area contributed by atoms with E-state index in [1.807, 2.05) is 25.3 Å². The molecule has 0 unspecified atom stereocenters. The van der Waals surface area contributed by atoms with Gasteiger partial charge in [-0.15, -0.1) is 6.58 Å². The van der Waals surface area contributed by atoms with Gasteiger partial charge in [-0.3, -0.25) is 4.99 Å². The highest BCUT2D eigenvalue weighted by Crippen LogP contribution is 2.35. The molecule has 144 valence electrons. The molecular weight excluding hydrogens is 326 g/mol. The summed E-state index contributed by atoms with van der Waals surface area (Å²) in [5.74, 6) is 1.83. The largest absolute Gasteiger partial charge is 0.497 e. The molecule has 0 radical (unpaired) electrons. The zero-order valence-electron chi connectivity index (χ0n) is 16.5. The molecule has 0 saturated carbocycles. The first-order valence-electron chi connectivity index (χ1n) is 9.40. The average Bonchev–Trinajstić information content (AvgIpc) is 2.69. The molecule has 0 aromatic heterocycles. The molecule has 1 aliphatic heterocycles. The second-order valence-corrected chi connectivity index (χ2v) is 6.87. The molecule has 1 aromatic rings. The first kappa shape index (κ1) is 20.3. The molecule has 5 nitrogen and oxygen atoms in total. The van der Waals surface area contributed by atoms with E-state index in [0.29, 0.717) is 0 Å². The van der Waals surface area contributed by atoms with Crippen molar-refractivity contribution in [2.75, 3.05) is 47.5 Å². The fraction of sp³-hybridized carbons (Fsp3) is 0.571. The third kappa shape index (κ3) is 5.24. The van der Waals surface area contributed by atoms with E-state index in [1.54, 1.807) is 7.11 Å². The summed E-state index contributed by atoms with van der Waals surface area (Å²) in [6.07, 6.45) is 6.07. The van der Waals surface area contributed by atoms with Crippen LogP contribution in [0, 0.1) is 0 Å². The first-order chi connectivity index (χ1) is 12.6. The minimum Gasteiger partial charge on any atom is -0.497 e. The Labute approximate surface area is 158 Å². The molecule has 26 heavy (non-hydrogen) atoms. The Morgan fingerprint density at radius 3 is 2.62 bits per heavy atom. The zero-order chi connectivity index (χ0) is 18.8. The van der Waals surface area contributed by atoms with Gasteiger partial charge in [0.2, 0.25) is 0 Å². The minimum absolute atomic E-state index is 0.0580. The summed E-state index contributed by atoms with van der Waals surface area (Å²) in [7, 11) is 5.63. The van der Waals surface area contributed by atoms with Gasteiger partial charge >= 0.3 is 0 Å². The molecule has 1 heterocycles. The topological polar surface area (TPSA) is 46.1 Å². The van der Waals surface area contributed by atoms with Crippen molar-refractivity contribution in [3.8, 4) is 5.75 Å². The van der Waals surface area contributed by atoms with Gasteiger partial charge in [-0.05, 0) is 43.4 Å². The number of guanidine groups is 1. The number of allylic oxidation sites excluding steroid dienone is 1. The van der Waals surface area contributed by atoms with Crippen LogP contribution in [0.4, 0.5) is 0 Å². The molecule has 2 rings (SSSR count). The van der Waals surface area contributed by atoms with Crippen molar-refractivity contribution in [3.63, 3.8) is 0 Å². The van der Waals surface area contributed by atoms with Crippen LogP contribution in [0.25, 0.3) is 0 Å². The fourth-order valence-corrected chi connectivity index (χ4v) is 3.49. The van der Waals surface area contributed by atoms with Crippen LogP contribution in [0.1, 0.15) is 31.2 Å². The standard InChI is InChI=1S/C21H33N3O2/c1-5-6-7-14-24(3)20(22-2)23-17-21(12-15-26-16-13-21)18-8-10-19(25-4)11-9-18/h5,8-11H,1,6-7,12-17H2,2-4H3,(H,22,23). The quantitative estimate of drug-likeness (QED) is 0.335. The highest BCUT2D eigenvalue weighted by molar-refractivity contribution is 5.79. The lowest BCUT2D eigenvalue weighted by atomic mass is 9.74. The van der Waals surface area contributed by atoms with Crippen LogP contribution in [0.15, 0.2) is 41.9 Å². The van der Waals surface area contributed by atoms with Crippen LogP contribution in [0.5, 0.6) is 5.75 Å². The van der Waals surface area contributed by atoms with E-state index in [0.717, 1.165) is 63.7 Å². The minimum atomic E-state index is 0.0580. The van der Waals surface area contributed by atoms with Crippen molar-refractivity contribution >= 4 is 5.96 Å². The highest BCUT2D eigenvalue weighted by atomic mass is 16.5. The van der Waals surface area contributed by atoms with Crippen molar-refractivity contribution in [2.24, 2.45) is 4.99 Å². The van der Waals surface area contributed by atoms with Crippen molar-refractivity contribution < 1.29 is 9.47 Å². The summed E-state index contributed by atoms with van der Waals surface area (Å²) in [6.45, 7) is 7.19. The number of hydrogen-bond donors (Lipinski definition) is 1. The van der Waals surface area contributed by atoms with Gasteiger partial charge in [0.1, 0.15) is 5.75 Å². The molecule has 1 saturated heterocycles. The second kappa shape index (κ2) is 10.2. The summed E-state index contributed by atoms with van der Waals surface area (Å²) in [5.41, 5.74) is 1.39. The van der Waals surface area contributed by atoms with Crippen molar-refractivity contribution in [3.05, 3.63) is 42.5 Å². The summed E-state index contributed by atoms with van der Waals surface area (Å²) < 4.78 is 10.9. The number of hydrogen-bond acceptors (Lipinski definition) is 3. The highest BCUT2D eigenvalue weighted by Gasteiger charge is 2.34. The monoisotopic (exact) mass is 359 g/mol. The SMILES string of the molecule is C=CCCCN(C)C(=NC)NCC1(c2ccc(OC)cc2)CCOCC1. The molecule has 1 fully saturated rings. The Morgan fingerprint density at radius 1 is 1.35 bits per heavy atom. The zero-order valence-corrected chi connectivity index (χ0v) is 16.5. The number of methoxy groups -OCH3 is 1. The molecule has 0 atom stereocenters. The number of ether oxygens (including phenoxy) is 2. The number of benzene rings is 1. The summed E-state index contributed by atoms with van der Waals surface area (Å²) in [5, 5.41) is 3.60. The molecule has 1 aliphatic rings. The van der Waals surface area contributed by atoms with E-state index in [9.17, 15) is 0 Å². The van der Waals surface area contributed by atoms with Crippen LogP contribution in [0.3, 0.4) is 0 Å². The molecule has 1 N–H and O–H groups in total. The third-order valence-corrected chi connectivity index (χ3v) is 5.21. The normalized spacial score (nSPS) is 16.8. The van der Waals surface area contributed by atoms with Gasteiger partial charge in [0, 0.05) is 45.8 Å². The fourth-order valence-electron chi connectivity index (χ4n) is 3.49. The molecular formula is C21H33N3O2. The van der Waals surface area contributed by atoms with Crippen LogP contribution < -0.4 is 10.1 Å². The Balaban J connectivity index is 2.08. The molecule has 0 bridgehead atoms. The van der Waals surface area contributed by atoms with Crippen LogP contribution in [-0.2, 0) is 10.2 Å². The van der Waals surface area contributed by atoms with E-state index < -0.39 is 0 Å². The van der Waals surface area contributed by atoms with Crippen LogP contribution in [0.2, 0.25) is 0 Å². The van der Waals surface area contributed by atoms with E-state index >= 15 is 0 Å². The molecule has 0 aliphatic carbocycles. The van der Waals surface area contributed by atoms with Gasteiger partial charge in [0.15, 0.2) is 5.96 Å². The summed E-state index contributed by atoms with van der Waals surface area (Å²) in [6, 6.07) is 8.45. The maximum absolute atomic E-state index is 5.63. The van der Waals surface area contributed by atoms with E-state index in [2.05, 4.69) is 41.0 Å². The van der Waals surface area contributed by atoms with Crippen LogP contribution in [-0.4, -0.2) is 58.4 Å². The van der Waals surface area contributed by atoms with Crippen molar-refractivity contribution in [2.45, 2.75) is 31.1 Å². The lowest BCUT2D eigenvalue weighted by molar-refractivity contribution is 0.0512. The third-order valence-electron chi connectivity index (χ3n) is 5.21. The number of unbranched alkanes of at least 4 members (excludes halogenated alkanes) is 1. The number of nitrogens with zero attached hydrogens (tertiary/aromatic N) is 2. The summed E-state index contributed by atoms with van der Waals surface area (Å²) in [4.78, 5) is 6.64. The Morgan fingerprint density at radius 2 is 2.04 bits per heavy atom. The van der Waals surface area contributed by atoms with Gasteiger partial charge in [-0.2, -0.15) is 0 Å². The molecule has 0 spiro atoms. The number of aliphatic imine (C=N–C) groups is 1. The lowest BCUT2D eigenvalue weighted by Crippen LogP contribution is -2.48. The van der Waals surface area contributed by atoms with Gasteiger partial charge < -0.3 is 19.7 Å². The van der Waals surface area contributed by atoms with Crippen molar-refractivity contribution in [1.82, 2.24) is 10.2 Å². The van der Waals surface area contributed by atoms with Gasteiger partial charge in [0.05, 0.1) is 7.11 Å². The first-order valence-corrected chi connectivity index (χ1v) is 9.40. The lowest BCUT2D eigenvalue weighted by Gasteiger charge is -2.39. The van der Waals surface area contributed by atoms with E-state index in [-0.39, 0.29) is 5.41 Å². The van der Waals surface area contributed by atoms with E-state index in [4.69, 9.17) is 9.47 Å². The van der Waals surface area contributed by atoms with Gasteiger partial charge in [-0.25, -0.2) is 0 Å². The maximum atomic E-state index is 5.63.